The predicted octanol–water partition coefficient (Wildman–Crippen LogP) is 1.87. The van der Waals surface area contributed by atoms with Crippen molar-refractivity contribution in [1.82, 2.24) is 15.0 Å². The van der Waals surface area contributed by atoms with E-state index in [2.05, 4.69) is 29.8 Å². The molecule has 2 saturated heterocycles. The monoisotopic (exact) mass is 269 g/mol. The number of aromatic nitrogens is 1. The number of carbonyl (C=O) groups is 1. The first-order valence-electron chi connectivity index (χ1n) is 7.34. The summed E-state index contributed by atoms with van der Waals surface area (Å²) in [4.78, 5) is 12.4. The van der Waals surface area contributed by atoms with E-state index in [4.69, 9.17) is 0 Å². The van der Waals surface area contributed by atoms with Gasteiger partial charge in [0.2, 0.25) is 0 Å². The van der Waals surface area contributed by atoms with Crippen molar-refractivity contribution in [2.75, 3.05) is 0 Å². The van der Waals surface area contributed by atoms with Gasteiger partial charge in [0, 0.05) is 41.6 Å². The number of pyridine rings is 1. The van der Waals surface area contributed by atoms with Crippen LogP contribution < -0.4 is 10.6 Å². The summed E-state index contributed by atoms with van der Waals surface area (Å²) in [6, 6.07) is 7.33. The molecule has 2 aromatic rings. The van der Waals surface area contributed by atoms with Gasteiger partial charge in [-0.05, 0) is 49.9 Å². The van der Waals surface area contributed by atoms with Gasteiger partial charge in [0.05, 0.1) is 0 Å². The Balaban J connectivity index is 1.54. The standard InChI is InChI=1S/C16H19N3O/c1-10-6-13-7-11(4-5-19(13)9-10)16(20)18-15-8-12-2-3-14(15)17-12/h4-7,9,12,14-15,17H,2-3,8H2,1H3,(H,18,20)/t12-,14+,15-/m1/s1. The van der Waals surface area contributed by atoms with Crippen molar-refractivity contribution in [2.24, 2.45) is 0 Å². The van der Waals surface area contributed by atoms with Gasteiger partial charge >= 0.3 is 0 Å². The van der Waals surface area contributed by atoms with Gasteiger partial charge in [0.25, 0.3) is 5.91 Å². The highest BCUT2D eigenvalue weighted by molar-refractivity contribution is 5.95. The van der Waals surface area contributed by atoms with E-state index in [1.165, 1.54) is 18.4 Å². The lowest BCUT2D eigenvalue weighted by atomic mass is 9.95. The minimum Gasteiger partial charge on any atom is -0.348 e. The fraction of sp³-hybridized carbons (Fsp3) is 0.438. The smallest absolute Gasteiger partial charge is 0.251 e. The SMILES string of the molecule is Cc1cc2cc(C(=O)N[C@@H]3C[C@H]4CC[C@@H]3N4)ccn2c1. The zero-order valence-electron chi connectivity index (χ0n) is 11.6. The number of rotatable bonds is 2. The molecule has 0 aliphatic carbocycles. The van der Waals surface area contributed by atoms with Crippen molar-refractivity contribution >= 4 is 11.4 Å². The lowest BCUT2D eigenvalue weighted by Gasteiger charge is -2.21. The summed E-state index contributed by atoms with van der Waals surface area (Å²) < 4.78 is 2.05. The molecule has 2 aliphatic heterocycles. The summed E-state index contributed by atoms with van der Waals surface area (Å²) in [5, 5.41) is 6.74. The molecule has 4 nitrogen and oxygen atoms in total. The van der Waals surface area contributed by atoms with Gasteiger partial charge in [-0.15, -0.1) is 0 Å². The van der Waals surface area contributed by atoms with Gasteiger partial charge in [0.1, 0.15) is 0 Å². The summed E-state index contributed by atoms with van der Waals surface area (Å²) >= 11 is 0. The molecule has 2 N–H and O–H groups in total. The van der Waals surface area contributed by atoms with E-state index in [9.17, 15) is 4.79 Å². The minimum absolute atomic E-state index is 0.0469. The Morgan fingerprint density at radius 2 is 2.30 bits per heavy atom. The number of hydrogen-bond acceptors (Lipinski definition) is 2. The number of fused-ring (bicyclic) bond motifs is 3. The summed E-state index contributed by atoms with van der Waals surface area (Å²) in [6.07, 6.45) is 7.54. The van der Waals surface area contributed by atoms with Gasteiger partial charge in [0.15, 0.2) is 0 Å². The Morgan fingerprint density at radius 1 is 1.40 bits per heavy atom. The third-order valence-electron chi connectivity index (χ3n) is 4.61. The van der Waals surface area contributed by atoms with Crippen molar-refractivity contribution < 1.29 is 4.79 Å². The summed E-state index contributed by atoms with van der Waals surface area (Å²) in [6.45, 7) is 2.06. The fourth-order valence-corrected chi connectivity index (χ4v) is 3.63. The Kier molecular flexibility index (Phi) is 2.60. The molecule has 2 fully saturated rings. The third kappa shape index (κ3) is 1.91. The van der Waals surface area contributed by atoms with Crippen LogP contribution in [-0.4, -0.2) is 28.4 Å². The van der Waals surface area contributed by atoms with Crippen LogP contribution in [0.25, 0.3) is 5.52 Å². The van der Waals surface area contributed by atoms with Crippen LogP contribution >= 0.6 is 0 Å². The van der Waals surface area contributed by atoms with E-state index in [0.717, 1.165) is 17.5 Å². The quantitative estimate of drug-likeness (QED) is 0.874. The van der Waals surface area contributed by atoms with Gasteiger partial charge in [-0.25, -0.2) is 0 Å². The van der Waals surface area contributed by atoms with Gasteiger partial charge in [-0.3, -0.25) is 4.79 Å². The number of nitrogens with zero attached hydrogens (tertiary/aromatic N) is 1. The number of hydrogen-bond donors (Lipinski definition) is 2. The largest absolute Gasteiger partial charge is 0.348 e. The van der Waals surface area contributed by atoms with E-state index in [-0.39, 0.29) is 5.91 Å². The average Bonchev–Trinajstić information content (AvgIpc) is 3.10. The summed E-state index contributed by atoms with van der Waals surface area (Å²) in [7, 11) is 0. The van der Waals surface area contributed by atoms with E-state index >= 15 is 0 Å². The van der Waals surface area contributed by atoms with Crippen LogP contribution in [0.5, 0.6) is 0 Å². The van der Waals surface area contributed by atoms with Crippen LogP contribution in [0.15, 0.2) is 30.6 Å². The zero-order chi connectivity index (χ0) is 13.7. The molecule has 0 saturated carbocycles. The second kappa shape index (κ2) is 4.35. The Bertz CT molecular complexity index is 675. The fourth-order valence-electron chi connectivity index (χ4n) is 3.63. The highest BCUT2D eigenvalue weighted by Crippen LogP contribution is 2.28. The summed E-state index contributed by atoms with van der Waals surface area (Å²) in [5.41, 5.74) is 3.03. The zero-order valence-corrected chi connectivity index (χ0v) is 11.6. The normalized spacial score (nSPS) is 28.1. The van der Waals surface area contributed by atoms with Crippen LogP contribution in [0, 0.1) is 6.92 Å². The predicted molar refractivity (Wildman–Crippen MR) is 78.0 cm³/mol. The third-order valence-corrected chi connectivity index (χ3v) is 4.61. The average molecular weight is 269 g/mol. The van der Waals surface area contributed by atoms with Crippen molar-refractivity contribution in [2.45, 2.75) is 44.3 Å². The maximum absolute atomic E-state index is 12.4. The number of nitrogens with one attached hydrogen (secondary N) is 2. The van der Waals surface area contributed by atoms with Crippen molar-refractivity contribution in [1.29, 1.82) is 0 Å². The molecule has 104 valence electrons. The van der Waals surface area contributed by atoms with Crippen LogP contribution in [0.1, 0.15) is 35.2 Å². The molecule has 1 amide bonds. The van der Waals surface area contributed by atoms with E-state index in [1.807, 2.05) is 22.7 Å². The second-order valence-corrected chi connectivity index (χ2v) is 6.13. The van der Waals surface area contributed by atoms with Crippen molar-refractivity contribution in [3.05, 3.63) is 41.7 Å². The first kappa shape index (κ1) is 12.0. The molecule has 4 rings (SSSR count). The number of amides is 1. The van der Waals surface area contributed by atoms with Crippen LogP contribution in [-0.2, 0) is 0 Å². The van der Waals surface area contributed by atoms with Gasteiger partial charge in [-0.1, -0.05) is 0 Å². The van der Waals surface area contributed by atoms with Crippen molar-refractivity contribution in [3.8, 4) is 0 Å². The first-order chi connectivity index (χ1) is 9.69. The molecule has 20 heavy (non-hydrogen) atoms. The highest BCUT2D eigenvalue weighted by atomic mass is 16.1. The molecule has 2 aliphatic rings. The first-order valence-corrected chi connectivity index (χ1v) is 7.34. The molecule has 2 bridgehead atoms. The lowest BCUT2D eigenvalue weighted by molar-refractivity contribution is 0.0931. The van der Waals surface area contributed by atoms with E-state index in [1.54, 1.807) is 0 Å². The number of carbonyl (C=O) groups excluding carboxylic acids is 1. The Morgan fingerprint density at radius 3 is 3.05 bits per heavy atom. The molecular formula is C16H19N3O. The molecule has 4 heterocycles. The lowest BCUT2D eigenvalue weighted by Crippen LogP contribution is -2.42. The van der Waals surface area contributed by atoms with Crippen LogP contribution in [0.4, 0.5) is 0 Å². The molecular weight excluding hydrogens is 250 g/mol. The minimum atomic E-state index is 0.0469. The molecule has 0 aromatic carbocycles. The van der Waals surface area contributed by atoms with E-state index in [0.29, 0.717) is 18.1 Å². The molecule has 0 radical (unpaired) electrons. The second-order valence-electron chi connectivity index (χ2n) is 6.13. The Labute approximate surface area is 118 Å². The molecule has 2 aromatic heterocycles. The van der Waals surface area contributed by atoms with Crippen LogP contribution in [0.2, 0.25) is 0 Å². The van der Waals surface area contributed by atoms with E-state index < -0.39 is 0 Å². The molecule has 0 unspecified atom stereocenters. The maximum atomic E-state index is 12.4. The van der Waals surface area contributed by atoms with Gasteiger partial charge < -0.3 is 15.0 Å². The Hall–Kier alpha value is -1.81. The van der Waals surface area contributed by atoms with Crippen LogP contribution in [0.3, 0.4) is 0 Å². The molecule has 4 heteroatoms. The van der Waals surface area contributed by atoms with Crippen molar-refractivity contribution in [3.63, 3.8) is 0 Å². The highest BCUT2D eigenvalue weighted by Gasteiger charge is 2.39. The van der Waals surface area contributed by atoms with Gasteiger partial charge in [-0.2, -0.15) is 0 Å². The number of aryl methyl sites for hydroxylation is 1. The summed E-state index contributed by atoms with van der Waals surface area (Å²) in [5.74, 6) is 0.0469. The molecule has 0 spiro atoms. The topological polar surface area (TPSA) is 45.5 Å². The molecule has 3 atom stereocenters. The maximum Gasteiger partial charge on any atom is 0.251 e.